The SMILES string of the molecule is CC(C(=O)Nc1ccc(F)c(N)c1)N1CCC(C)(O)C1. The monoisotopic (exact) mass is 281 g/mol. The maximum Gasteiger partial charge on any atom is 0.241 e. The van der Waals surface area contributed by atoms with Gasteiger partial charge in [-0.2, -0.15) is 0 Å². The van der Waals surface area contributed by atoms with E-state index in [1.807, 2.05) is 4.90 Å². The van der Waals surface area contributed by atoms with E-state index in [1.165, 1.54) is 18.2 Å². The topological polar surface area (TPSA) is 78.6 Å². The van der Waals surface area contributed by atoms with Crippen LogP contribution in [-0.2, 0) is 4.79 Å². The van der Waals surface area contributed by atoms with Crippen LogP contribution in [0.25, 0.3) is 0 Å². The zero-order valence-corrected chi connectivity index (χ0v) is 11.7. The molecule has 1 heterocycles. The van der Waals surface area contributed by atoms with Gasteiger partial charge in [-0.25, -0.2) is 4.39 Å². The van der Waals surface area contributed by atoms with E-state index in [-0.39, 0.29) is 17.6 Å². The van der Waals surface area contributed by atoms with Crippen LogP contribution in [0.4, 0.5) is 15.8 Å². The first kappa shape index (κ1) is 14.7. The van der Waals surface area contributed by atoms with Crippen molar-refractivity contribution in [2.24, 2.45) is 0 Å². The van der Waals surface area contributed by atoms with Crippen molar-refractivity contribution in [2.75, 3.05) is 24.1 Å². The molecule has 0 aliphatic carbocycles. The molecule has 0 saturated carbocycles. The minimum atomic E-state index is -0.741. The average Bonchev–Trinajstić information content (AvgIpc) is 2.73. The Morgan fingerprint density at radius 1 is 1.60 bits per heavy atom. The largest absolute Gasteiger partial charge is 0.396 e. The van der Waals surface area contributed by atoms with Crippen molar-refractivity contribution in [3.63, 3.8) is 0 Å². The first-order valence-electron chi connectivity index (χ1n) is 6.61. The molecule has 1 aromatic rings. The normalized spacial score (nSPS) is 24.6. The highest BCUT2D eigenvalue weighted by Gasteiger charge is 2.35. The molecule has 1 saturated heterocycles. The lowest BCUT2D eigenvalue weighted by Crippen LogP contribution is -2.42. The summed E-state index contributed by atoms with van der Waals surface area (Å²) < 4.78 is 13.1. The van der Waals surface area contributed by atoms with Crippen molar-refractivity contribution in [1.82, 2.24) is 4.90 Å². The molecule has 1 fully saturated rings. The summed E-state index contributed by atoms with van der Waals surface area (Å²) in [5.41, 5.74) is 5.18. The number of carbonyl (C=O) groups is 1. The molecule has 20 heavy (non-hydrogen) atoms. The van der Waals surface area contributed by atoms with E-state index in [0.29, 0.717) is 25.2 Å². The number of hydrogen-bond donors (Lipinski definition) is 3. The summed E-state index contributed by atoms with van der Waals surface area (Å²) in [6.45, 7) is 4.68. The Kier molecular flexibility index (Phi) is 3.96. The van der Waals surface area contributed by atoms with Crippen LogP contribution in [0, 0.1) is 5.82 Å². The molecule has 0 spiro atoms. The molecule has 110 valence electrons. The van der Waals surface area contributed by atoms with Crippen molar-refractivity contribution < 1.29 is 14.3 Å². The van der Waals surface area contributed by atoms with Gasteiger partial charge in [-0.1, -0.05) is 0 Å². The Balaban J connectivity index is 1.99. The predicted octanol–water partition coefficient (Wildman–Crippen LogP) is 1.19. The van der Waals surface area contributed by atoms with E-state index in [0.717, 1.165) is 0 Å². The third-order valence-electron chi connectivity index (χ3n) is 3.67. The lowest BCUT2D eigenvalue weighted by Gasteiger charge is -2.24. The molecule has 2 rings (SSSR count). The zero-order valence-electron chi connectivity index (χ0n) is 11.7. The van der Waals surface area contributed by atoms with Crippen molar-refractivity contribution in [3.05, 3.63) is 24.0 Å². The Morgan fingerprint density at radius 2 is 2.30 bits per heavy atom. The van der Waals surface area contributed by atoms with Crippen LogP contribution in [0.1, 0.15) is 20.3 Å². The molecule has 0 bridgehead atoms. The second kappa shape index (κ2) is 5.38. The van der Waals surface area contributed by atoms with Crippen molar-refractivity contribution >= 4 is 17.3 Å². The third kappa shape index (κ3) is 3.26. The van der Waals surface area contributed by atoms with E-state index >= 15 is 0 Å². The highest BCUT2D eigenvalue weighted by atomic mass is 19.1. The summed E-state index contributed by atoms with van der Waals surface area (Å²) >= 11 is 0. The first-order valence-corrected chi connectivity index (χ1v) is 6.61. The highest BCUT2D eigenvalue weighted by molar-refractivity contribution is 5.94. The van der Waals surface area contributed by atoms with E-state index in [1.54, 1.807) is 13.8 Å². The Bertz CT molecular complexity index is 519. The molecular weight excluding hydrogens is 261 g/mol. The fourth-order valence-corrected chi connectivity index (χ4v) is 2.34. The summed E-state index contributed by atoms with van der Waals surface area (Å²) in [5, 5.41) is 12.6. The first-order chi connectivity index (χ1) is 9.28. The third-order valence-corrected chi connectivity index (χ3v) is 3.67. The van der Waals surface area contributed by atoms with Gasteiger partial charge in [0, 0.05) is 18.8 Å². The zero-order chi connectivity index (χ0) is 14.9. The summed E-state index contributed by atoms with van der Waals surface area (Å²) in [6.07, 6.45) is 0.647. The van der Waals surface area contributed by atoms with Crippen LogP contribution in [0.15, 0.2) is 18.2 Å². The molecule has 0 radical (unpaired) electrons. The number of likely N-dealkylation sites (tertiary alicyclic amines) is 1. The minimum Gasteiger partial charge on any atom is -0.396 e. The highest BCUT2D eigenvalue weighted by Crippen LogP contribution is 2.23. The number of aliphatic hydroxyl groups is 1. The van der Waals surface area contributed by atoms with Crippen LogP contribution in [-0.4, -0.2) is 40.6 Å². The minimum absolute atomic E-state index is 0.000408. The van der Waals surface area contributed by atoms with Gasteiger partial charge < -0.3 is 16.2 Å². The molecule has 1 aliphatic rings. The second-order valence-electron chi connectivity index (χ2n) is 5.62. The molecule has 5 nitrogen and oxygen atoms in total. The van der Waals surface area contributed by atoms with Gasteiger partial charge in [0.05, 0.1) is 17.3 Å². The number of anilines is 2. The van der Waals surface area contributed by atoms with Gasteiger partial charge in [0.25, 0.3) is 0 Å². The number of halogens is 1. The van der Waals surface area contributed by atoms with Crippen molar-refractivity contribution in [1.29, 1.82) is 0 Å². The predicted molar refractivity (Wildman–Crippen MR) is 75.7 cm³/mol. The number of hydrogen-bond acceptors (Lipinski definition) is 4. The van der Waals surface area contributed by atoms with E-state index < -0.39 is 11.4 Å². The van der Waals surface area contributed by atoms with Gasteiger partial charge in [0.15, 0.2) is 0 Å². The molecule has 4 N–H and O–H groups in total. The van der Waals surface area contributed by atoms with Gasteiger partial charge in [-0.05, 0) is 38.5 Å². The number of carbonyl (C=O) groups excluding carboxylic acids is 1. The summed E-state index contributed by atoms with van der Waals surface area (Å²) in [5.74, 6) is -0.708. The molecule has 0 aromatic heterocycles. The number of amides is 1. The number of rotatable bonds is 3. The number of nitrogens with two attached hydrogens (primary N) is 1. The van der Waals surface area contributed by atoms with Crippen LogP contribution in [0.5, 0.6) is 0 Å². The summed E-state index contributed by atoms with van der Waals surface area (Å²) in [7, 11) is 0. The fraction of sp³-hybridized carbons (Fsp3) is 0.500. The van der Waals surface area contributed by atoms with Crippen molar-refractivity contribution in [2.45, 2.75) is 31.9 Å². The summed E-state index contributed by atoms with van der Waals surface area (Å²) in [4.78, 5) is 14.1. The van der Waals surface area contributed by atoms with Crippen molar-refractivity contribution in [3.8, 4) is 0 Å². The van der Waals surface area contributed by atoms with Gasteiger partial charge in [-0.15, -0.1) is 0 Å². The van der Waals surface area contributed by atoms with Gasteiger partial charge in [-0.3, -0.25) is 9.69 Å². The van der Waals surface area contributed by atoms with E-state index in [9.17, 15) is 14.3 Å². The van der Waals surface area contributed by atoms with Crippen LogP contribution in [0.2, 0.25) is 0 Å². The molecule has 2 unspecified atom stereocenters. The molecular formula is C14H20FN3O2. The van der Waals surface area contributed by atoms with Crippen LogP contribution >= 0.6 is 0 Å². The van der Waals surface area contributed by atoms with E-state index in [4.69, 9.17) is 5.73 Å². The Labute approximate surface area is 117 Å². The van der Waals surface area contributed by atoms with E-state index in [2.05, 4.69) is 5.32 Å². The van der Waals surface area contributed by atoms with Gasteiger partial charge >= 0.3 is 0 Å². The fourth-order valence-electron chi connectivity index (χ4n) is 2.34. The summed E-state index contributed by atoms with van der Waals surface area (Å²) in [6, 6.07) is 3.71. The number of β-amino-alcohol motifs (C(OH)–C–C–N with tert-alkyl or cyclic N) is 1. The smallest absolute Gasteiger partial charge is 0.241 e. The average molecular weight is 281 g/mol. The maximum absolute atomic E-state index is 13.1. The Hall–Kier alpha value is -1.66. The number of nitrogens with one attached hydrogen (secondary N) is 1. The molecule has 1 amide bonds. The second-order valence-corrected chi connectivity index (χ2v) is 5.62. The number of nitrogens with zero attached hydrogens (tertiary/aromatic N) is 1. The Morgan fingerprint density at radius 3 is 2.85 bits per heavy atom. The van der Waals surface area contributed by atoms with Gasteiger partial charge in [0.1, 0.15) is 5.82 Å². The van der Waals surface area contributed by atoms with Crippen LogP contribution < -0.4 is 11.1 Å². The standard InChI is InChI=1S/C14H20FN3O2/c1-9(18-6-5-14(2,20)8-18)13(19)17-10-3-4-11(15)12(16)7-10/h3-4,7,9,20H,5-6,8,16H2,1-2H3,(H,17,19). The molecule has 6 heteroatoms. The van der Waals surface area contributed by atoms with Gasteiger partial charge in [0.2, 0.25) is 5.91 Å². The molecule has 1 aliphatic heterocycles. The molecule has 1 aromatic carbocycles. The number of benzene rings is 1. The lowest BCUT2D eigenvalue weighted by molar-refractivity contribution is -0.120. The number of nitrogen functional groups attached to an aromatic ring is 1. The quantitative estimate of drug-likeness (QED) is 0.727. The lowest BCUT2D eigenvalue weighted by atomic mass is 10.1. The maximum atomic E-state index is 13.1. The molecule has 2 atom stereocenters. The van der Waals surface area contributed by atoms with Crippen LogP contribution in [0.3, 0.4) is 0 Å².